The highest BCUT2D eigenvalue weighted by atomic mass is 79.9. The van der Waals surface area contributed by atoms with E-state index in [1.165, 1.54) is 24.3 Å². The molecule has 0 aliphatic carbocycles. The van der Waals surface area contributed by atoms with Gasteiger partial charge in [-0.15, -0.1) is 0 Å². The van der Waals surface area contributed by atoms with Crippen molar-refractivity contribution in [1.82, 2.24) is 4.98 Å². The average molecular weight is 347 g/mol. The van der Waals surface area contributed by atoms with Gasteiger partial charge in [0.2, 0.25) is 5.78 Å². The van der Waals surface area contributed by atoms with E-state index in [0.717, 1.165) is 4.47 Å². The first-order valence-corrected chi connectivity index (χ1v) is 6.01. The third kappa shape index (κ3) is 2.25. The highest BCUT2D eigenvalue weighted by Gasteiger charge is 2.13. The molecule has 2 rings (SSSR count). The van der Waals surface area contributed by atoms with Gasteiger partial charge in [-0.25, -0.2) is 4.39 Å². The van der Waals surface area contributed by atoms with Crippen molar-refractivity contribution < 1.29 is 9.18 Å². The fraction of sp³-hybridized carbons (Fsp3) is 0. The molecule has 2 aromatic rings. The van der Waals surface area contributed by atoms with E-state index in [1.807, 2.05) is 0 Å². The third-order valence-electron chi connectivity index (χ3n) is 2.08. The van der Waals surface area contributed by atoms with E-state index in [2.05, 4.69) is 36.8 Å². The first-order valence-electron chi connectivity index (χ1n) is 4.42. The SMILES string of the molecule is O=C(c1ccc(F)cc1)c1cc(Br)c(Br)[nH]1. The van der Waals surface area contributed by atoms with Gasteiger partial charge in [0.15, 0.2) is 0 Å². The Hall–Kier alpha value is -0.940. The van der Waals surface area contributed by atoms with Gasteiger partial charge in [-0.2, -0.15) is 0 Å². The summed E-state index contributed by atoms with van der Waals surface area (Å²) < 4.78 is 14.2. The van der Waals surface area contributed by atoms with Crippen LogP contribution in [0.2, 0.25) is 0 Å². The predicted molar refractivity (Wildman–Crippen MR) is 66.0 cm³/mol. The molecule has 2 nitrogen and oxygen atoms in total. The van der Waals surface area contributed by atoms with Crippen LogP contribution < -0.4 is 0 Å². The van der Waals surface area contributed by atoms with Crippen LogP contribution in [0.15, 0.2) is 39.4 Å². The Bertz CT molecular complexity index is 514. The molecule has 1 heterocycles. The van der Waals surface area contributed by atoms with Gasteiger partial charge in [-0.05, 0) is 62.2 Å². The van der Waals surface area contributed by atoms with Crippen molar-refractivity contribution >= 4 is 37.6 Å². The van der Waals surface area contributed by atoms with Gasteiger partial charge in [0.1, 0.15) is 5.82 Å². The number of halogens is 3. The zero-order valence-corrected chi connectivity index (χ0v) is 11.1. The summed E-state index contributed by atoms with van der Waals surface area (Å²) in [5.41, 5.74) is 0.896. The minimum Gasteiger partial charge on any atom is -0.346 e. The van der Waals surface area contributed by atoms with Gasteiger partial charge in [0, 0.05) is 5.56 Å². The van der Waals surface area contributed by atoms with Crippen molar-refractivity contribution in [2.24, 2.45) is 0 Å². The summed E-state index contributed by atoms with van der Waals surface area (Å²) in [5.74, 6) is -0.531. The average Bonchev–Trinajstić information content (AvgIpc) is 2.59. The molecule has 0 amide bonds. The van der Waals surface area contributed by atoms with Crippen molar-refractivity contribution in [1.29, 1.82) is 0 Å². The minimum atomic E-state index is -0.356. The molecule has 5 heteroatoms. The lowest BCUT2D eigenvalue weighted by Gasteiger charge is -1.97. The molecule has 0 unspecified atom stereocenters. The Morgan fingerprint density at radius 3 is 2.31 bits per heavy atom. The number of aromatic nitrogens is 1. The molecular weight excluding hydrogens is 341 g/mol. The van der Waals surface area contributed by atoms with Crippen LogP contribution in [-0.4, -0.2) is 10.8 Å². The minimum absolute atomic E-state index is 0.175. The molecule has 0 saturated carbocycles. The molecule has 0 aliphatic heterocycles. The van der Waals surface area contributed by atoms with E-state index in [1.54, 1.807) is 6.07 Å². The number of carbonyl (C=O) groups excluding carboxylic acids is 1. The van der Waals surface area contributed by atoms with Gasteiger partial charge in [-0.1, -0.05) is 0 Å². The first kappa shape index (κ1) is 11.5. The zero-order valence-electron chi connectivity index (χ0n) is 7.93. The van der Waals surface area contributed by atoms with Crippen LogP contribution in [0.5, 0.6) is 0 Å². The Labute approximate surface area is 108 Å². The van der Waals surface area contributed by atoms with Crippen LogP contribution in [0.1, 0.15) is 16.1 Å². The van der Waals surface area contributed by atoms with Crippen LogP contribution in [-0.2, 0) is 0 Å². The maximum Gasteiger partial charge on any atom is 0.209 e. The number of rotatable bonds is 2. The van der Waals surface area contributed by atoms with Gasteiger partial charge in [-0.3, -0.25) is 4.79 Å². The van der Waals surface area contributed by atoms with E-state index in [4.69, 9.17) is 0 Å². The quantitative estimate of drug-likeness (QED) is 0.821. The molecule has 1 N–H and O–H groups in total. The number of ketones is 1. The lowest BCUT2D eigenvalue weighted by atomic mass is 10.1. The molecule has 0 atom stereocenters. The molecule has 1 aromatic heterocycles. The van der Waals surface area contributed by atoms with Crippen molar-refractivity contribution in [3.05, 3.63) is 56.5 Å². The summed E-state index contributed by atoms with van der Waals surface area (Å²) in [4.78, 5) is 14.8. The number of hydrogen-bond acceptors (Lipinski definition) is 1. The molecule has 0 radical (unpaired) electrons. The maximum absolute atomic E-state index is 12.7. The predicted octanol–water partition coefficient (Wildman–Crippen LogP) is 3.91. The number of aromatic amines is 1. The van der Waals surface area contributed by atoms with Crippen LogP contribution in [0.4, 0.5) is 4.39 Å². The fourth-order valence-corrected chi connectivity index (χ4v) is 1.94. The van der Waals surface area contributed by atoms with Crippen LogP contribution >= 0.6 is 31.9 Å². The Morgan fingerprint density at radius 2 is 1.81 bits per heavy atom. The second-order valence-electron chi connectivity index (χ2n) is 3.18. The van der Waals surface area contributed by atoms with Gasteiger partial charge in [0.05, 0.1) is 14.8 Å². The molecule has 16 heavy (non-hydrogen) atoms. The van der Waals surface area contributed by atoms with Crippen molar-refractivity contribution in [2.45, 2.75) is 0 Å². The van der Waals surface area contributed by atoms with Crippen LogP contribution in [0.25, 0.3) is 0 Å². The molecular formula is C11H6Br2FNO. The highest BCUT2D eigenvalue weighted by molar-refractivity contribution is 9.13. The Morgan fingerprint density at radius 1 is 1.19 bits per heavy atom. The topological polar surface area (TPSA) is 32.9 Å². The van der Waals surface area contributed by atoms with E-state index in [9.17, 15) is 9.18 Å². The third-order valence-corrected chi connectivity index (χ3v) is 3.86. The summed E-state index contributed by atoms with van der Waals surface area (Å²) in [5, 5.41) is 0. The summed E-state index contributed by atoms with van der Waals surface area (Å²) >= 11 is 6.53. The molecule has 0 bridgehead atoms. The fourth-order valence-electron chi connectivity index (χ4n) is 1.28. The molecule has 0 saturated heterocycles. The second kappa shape index (κ2) is 4.51. The zero-order chi connectivity index (χ0) is 11.7. The highest BCUT2D eigenvalue weighted by Crippen LogP contribution is 2.24. The number of carbonyl (C=O) groups is 1. The first-order chi connectivity index (χ1) is 7.58. The van der Waals surface area contributed by atoms with E-state index in [0.29, 0.717) is 15.9 Å². The summed E-state index contributed by atoms with van der Waals surface area (Å²) in [6.07, 6.45) is 0. The van der Waals surface area contributed by atoms with Crippen molar-refractivity contribution in [2.75, 3.05) is 0 Å². The van der Waals surface area contributed by atoms with Crippen molar-refractivity contribution in [3.63, 3.8) is 0 Å². The van der Waals surface area contributed by atoms with Crippen molar-refractivity contribution in [3.8, 4) is 0 Å². The monoisotopic (exact) mass is 345 g/mol. The lowest BCUT2D eigenvalue weighted by Crippen LogP contribution is -2.01. The largest absolute Gasteiger partial charge is 0.346 e. The number of nitrogens with one attached hydrogen (secondary N) is 1. The second-order valence-corrected chi connectivity index (χ2v) is 4.83. The Balaban J connectivity index is 2.35. The normalized spacial score (nSPS) is 10.4. The smallest absolute Gasteiger partial charge is 0.209 e. The lowest BCUT2D eigenvalue weighted by molar-refractivity contribution is 0.103. The van der Waals surface area contributed by atoms with Gasteiger partial charge >= 0.3 is 0 Å². The molecule has 82 valence electrons. The summed E-state index contributed by atoms with van der Waals surface area (Å²) in [7, 11) is 0. The van der Waals surface area contributed by atoms with E-state index < -0.39 is 0 Å². The van der Waals surface area contributed by atoms with E-state index >= 15 is 0 Å². The van der Waals surface area contributed by atoms with Gasteiger partial charge < -0.3 is 4.98 Å². The number of benzene rings is 1. The standard InChI is InChI=1S/C11H6Br2FNO/c12-8-5-9(15-11(8)13)10(16)6-1-3-7(14)4-2-6/h1-5,15H. The summed E-state index contributed by atoms with van der Waals surface area (Å²) in [6, 6.07) is 7.12. The number of H-pyrrole nitrogens is 1. The maximum atomic E-state index is 12.7. The van der Waals surface area contributed by atoms with Crippen LogP contribution in [0, 0.1) is 5.82 Å². The molecule has 1 aromatic carbocycles. The molecule has 0 aliphatic rings. The molecule has 0 fully saturated rings. The Kier molecular flexibility index (Phi) is 3.25. The van der Waals surface area contributed by atoms with E-state index in [-0.39, 0.29) is 11.6 Å². The number of hydrogen-bond donors (Lipinski definition) is 1. The van der Waals surface area contributed by atoms with Gasteiger partial charge in [0.25, 0.3) is 0 Å². The summed E-state index contributed by atoms with van der Waals surface area (Å²) in [6.45, 7) is 0. The van der Waals surface area contributed by atoms with Crippen LogP contribution in [0.3, 0.4) is 0 Å². The molecule has 0 spiro atoms.